The monoisotopic (exact) mass is 267 g/mol. The van der Waals surface area contributed by atoms with Crippen molar-refractivity contribution >= 4 is 17.5 Å². The molecule has 1 rings (SSSR count). The molecule has 0 radical (unpaired) electrons. The second kappa shape index (κ2) is 5.91. The van der Waals surface area contributed by atoms with Crippen LogP contribution in [0.1, 0.15) is 15.9 Å². The summed E-state index contributed by atoms with van der Waals surface area (Å²) in [4.78, 5) is 32.3. The number of aryl methyl sites for hydroxylation is 1. The van der Waals surface area contributed by atoms with Crippen molar-refractivity contribution in [2.24, 2.45) is 5.73 Å². The summed E-state index contributed by atoms with van der Waals surface area (Å²) in [5.74, 6) is -1.50. The van der Waals surface area contributed by atoms with E-state index in [4.69, 9.17) is 10.8 Å². The molecular formula is C11H13N3O5. The van der Waals surface area contributed by atoms with Crippen LogP contribution in [0.5, 0.6) is 0 Å². The van der Waals surface area contributed by atoms with E-state index < -0.39 is 22.8 Å². The van der Waals surface area contributed by atoms with Crippen molar-refractivity contribution in [3.63, 3.8) is 0 Å². The van der Waals surface area contributed by atoms with E-state index in [-0.39, 0.29) is 17.8 Å². The van der Waals surface area contributed by atoms with Crippen molar-refractivity contribution in [3.8, 4) is 0 Å². The molecular weight excluding hydrogens is 254 g/mol. The number of nitrogens with zero attached hydrogens (tertiary/aromatic N) is 1. The molecule has 4 N–H and O–H groups in total. The molecule has 0 aliphatic heterocycles. The van der Waals surface area contributed by atoms with Crippen molar-refractivity contribution in [1.82, 2.24) is 5.32 Å². The zero-order valence-corrected chi connectivity index (χ0v) is 10.1. The molecule has 0 fully saturated rings. The van der Waals surface area contributed by atoms with Gasteiger partial charge in [-0.15, -0.1) is 0 Å². The van der Waals surface area contributed by atoms with E-state index >= 15 is 0 Å². The van der Waals surface area contributed by atoms with Gasteiger partial charge in [-0.3, -0.25) is 19.7 Å². The predicted octanol–water partition coefficient (Wildman–Crippen LogP) is -0.521. The third-order valence-electron chi connectivity index (χ3n) is 2.44. The molecule has 8 nitrogen and oxygen atoms in total. The lowest BCUT2D eigenvalue weighted by atomic mass is 10.1. The van der Waals surface area contributed by atoms with Gasteiger partial charge in [0.1, 0.15) is 6.10 Å². The molecule has 102 valence electrons. The number of carbonyl (C=O) groups is 2. The SMILES string of the molecule is Cc1cc(C(=O)NCC(O)C(N)=O)ccc1[N+](=O)[O-]. The molecule has 0 aromatic heterocycles. The normalized spacial score (nSPS) is 11.7. The molecule has 2 amide bonds. The Kier molecular flexibility index (Phi) is 4.54. The highest BCUT2D eigenvalue weighted by molar-refractivity contribution is 5.95. The Morgan fingerprint density at radius 2 is 2.16 bits per heavy atom. The van der Waals surface area contributed by atoms with Crippen molar-refractivity contribution in [1.29, 1.82) is 0 Å². The molecule has 0 heterocycles. The number of carbonyl (C=O) groups excluding carboxylic acids is 2. The molecule has 0 aliphatic rings. The van der Waals surface area contributed by atoms with E-state index in [2.05, 4.69) is 5.32 Å². The average molecular weight is 267 g/mol. The number of nitro groups is 1. The minimum atomic E-state index is -1.47. The van der Waals surface area contributed by atoms with Gasteiger partial charge < -0.3 is 16.2 Å². The summed E-state index contributed by atoms with van der Waals surface area (Å²) in [7, 11) is 0. The number of hydrogen-bond donors (Lipinski definition) is 3. The van der Waals surface area contributed by atoms with E-state index in [9.17, 15) is 19.7 Å². The van der Waals surface area contributed by atoms with Gasteiger partial charge in [-0.1, -0.05) is 0 Å². The zero-order chi connectivity index (χ0) is 14.6. The van der Waals surface area contributed by atoms with Gasteiger partial charge >= 0.3 is 0 Å². The molecule has 8 heteroatoms. The lowest BCUT2D eigenvalue weighted by Gasteiger charge is -2.08. The number of rotatable bonds is 5. The van der Waals surface area contributed by atoms with Crippen molar-refractivity contribution < 1.29 is 19.6 Å². The number of aliphatic hydroxyl groups excluding tert-OH is 1. The van der Waals surface area contributed by atoms with Crippen LogP contribution in [0.4, 0.5) is 5.69 Å². The standard InChI is InChI=1S/C11H13N3O5/c1-6-4-7(2-3-8(6)14(18)19)11(17)13-5-9(15)10(12)16/h2-4,9,15H,5H2,1H3,(H2,12,16)(H,13,17). The number of hydrogen-bond acceptors (Lipinski definition) is 5. The average Bonchev–Trinajstić information content (AvgIpc) is 2.34. The molecule has 0 saturated carbocycles. The van der Waals surface area contributed by atoms with Gasteiger partial charge in [0.15, 0.2) is 0 Å². The summed E-state index contributed by atoms with van der Waals surface area (Å²) >= 11 is 0. The fourth-order valence-electron chi connectivity index (χ4n) is 1.39. The van der Waals surface area contributed by atoms with Gasteiger partial charge in [-0.25, -0.2) is 0 Å². The number of benzene rings is 1. The van der Waals surface area contributed by atoms with Gasteiger partial charge in [0.05, 0.1) is 11.5 Å². The van der Waals surface area contributed by atoms with Crippen LogP contribution in [0.15, 0.2) is 18.2 Å². The third kappa shape index (κ3) is 3.75. The summed E-state index contributed by atoms with van der Waals surface area (Å²) in [6.45, 7) is 1.19. The fraction of sp³-hybridized carbons (Fsp3) is 0.273. The first-order chi connectivity index (χ1) is 8.82. The van der Waals surface area contributed by atoms with Crippen LogP contribution in [0.25, 0.3) is 0 Å². The molecule has 1 atom stereocenters. The quantitative estimate of drug-likeness (QED) is 0.487. The van der Waals surface area contributed by atoms with Crippen LogP contribution >= 0.6 is 0 Å². The minimum absolute atomic E-state index is 0.0891. The second-order valence-electron chi connectivity index (χ2n) is 3.89. The molecule has 0 aliphatic carbocycles. The van der Waals surface area contributed by atoms with Crippen LogP contribution in [0.2, 0.25) is 0 Å². The largest absolute Gasteiger partial charge is 0.381 e. The molecule has 0 saturated heterocycles. The van der Waals surface area contributed by atoms with Gasteiger partial charge in [0.25, 0.3) is 11.6 Å². The van der Waals surface area contributed by atoms with Crippen molar-refractivity contribution in [2.75, 3.05) is 6.54 Å². The highest BCUT2D eigenvalue weighted by Crippen LogP contribution is 2.18. The van der Waals surface area contributed by atoms with E-state index in [0.717, 1.165) is 0 Å². The molecule has 0 spiro atoms. The Morgan fingerprint density at radius 3 is 2.63 bits per heavy atom. The van der Waals surface area contributed by atoms with Gasteiger partial charge in [-0.2, -0.15) is 0 Å². The topological polar surface area (TPSA) is 136 Å². The summed E-state index contributed by atoms with van der Waals surface area (Å²) in [6, 6.07) is 3.86. The van der Waals surface area contributed by atoms with E-state index in [0.29, 0.717) is 5.56 Å². The number of primary amides is 1. The van der Waals surface area contributed by atoms with Crippen molar-refractivity contribution in [2.45, 2.75) is 13.0 Å². The summed E-state index contributed by atoms with van der Waals surface area (Å²) in [5, 5.41) is 22.0. The van der Waals surface area contributed by atoms with E-state index in [1.165, 1.54) is 25.1 Å². The van der Waals surface area contributed by atoms with Crippen LogP contribution in [0, 0.1) is 17.0 Å². The minimum Gasteiger partial charge on any atom is -0.381 e. The first-order valence-electron chi connectivity index (χ1n) is 5.33. The summed E-state index contributed by atoms with van der Waals surface area (Å²) in [6.07, 6.45) is -1.47. The third-order valence-corrected chi connectivity index (χ3v) is 2.44. The summed E-state index contributed by atoms with van der Waals surface area (Å²) in [5.41, 5.74) is 5.27. The van der Waals surface area contributed by atoms with Gasteiger partial charge in [0.2, 0.25) is 5.91 Å². The molecule has 0 bridgehead atoms. The first-order valence-corrected chi connectivity index (χ1v) is 5.33. The molecule has 1 aromatic carbocycles. The van der Waals surface area contributed by atoms with Crippen LogP contribution < -0.4 is 11.1 Å². The maximum absolute atomic E-state index is 11.7. The lowest BCUT2D eigenvalue weighted by molar-refractivity contribution is -0.385. The first kappa shape index (κ1) is 14.6. The van der Waals surface area contributed by atoms with E-state index in [1.54, 1.807) is 0 Å². The Bertz CT molecular complexity index is 529. The second-order valence-corrected chi connectivity index (χ2v) is 3.89. The maximum atomic E-state index is 11.7. The molecule has 19 heavy (non-hydrogen) atoms. The summed E-state index contributed by atoms with van der Waals surface area (Å²) < 4.78 is 0. The zero-order valence-electron chi connectivity index (χ0n) is 10.1. The smallest absolute Gasteiger partial charge is 0.272 e. The Balaban J connectivity index is 2.76. The fourth-order valence-corrected chi connectivity index (χ4v) is 1.39. The highest BCUT2D eigenvalue weighted by Gasteiger charge is 2.16. The number of nitrogens with two attached hydrogens (primary N) is 1. The van der Waals surface area contributed by atoms with Crippen molar-refractivity contribution in [3.05, 3.63) is 39.4 Å². The maximum Gasteiger partial charge on any atom is 0.272 e. The van der Waals surface area contributed by atoms with Crippen LogP contribution in [-0.4, -0.2) is 34.5 Å². The highest BCUT2D eigenvalue weighted by atomic mass is 16.6. The van der Waals surface area contributed by atoms with Crippen LogP contribution in [-0.2, 0) is 4.79 Å². The Labute approximate surface area is 108 Å². The van der Waals surface area contributed by atoms with E-state index in [1.807, 2.05) is 0 Å². The van der Waals surface area contributed by atoms with Gasteiger partial charge in [0, 0.05) is 17.2 Å². The molecule has 1 unspecified atom stereocenters. The number of nitro benzene ring substituents is 1. The predicted molar refractivity (Wildman–Crippen MR) is 65.4 cm³/mol. The van der Waals surface area contributed by atoms with Crippen LogP contribution in [0.3, 0.4) is 0 Å². The van der Waals surface area contributed by atoms with Gasteiger partial charge in [-0.05, 0) is 19.1 Å². The molecule has 1 aromatic rings. The number of nitrogens with one attached hydrogen (secondary N) is 1. The number of aliphatic hydroxyl groups is 1. The lowest BCUT2D eigenvalue weighted by Crippen LogP contribution is -2.39. The Morgan fingerprint density at radius 1 is 1.53 bits per heavy atom. The number of amides is 2. The Hall–Kier alpha value is -2.48.